The van der Waals surface area contributed by atoms with Gasteiger partial charge in [-0.2, -0.15) is 0 Å². The summed E-state index contributed by atoms with van der Waals surface area (Å²) in [5, 5.41) is 2.80. The van der Waals surface area contributed by atoms with Crippen molar-refractivity contribution in [3.05, 3.63) is 69.1 Å². The highest BCUT2D eigenvalue weighted by molar-refractivity contribution is 9.10. The first-order valence-electron chi connectivity index (χ1n) is 6.73. The van der Waals surface area contributed by atoms with Crippen molar-refractivity contribution >= 4 is 32.9 Å². The Bertz CT molecular complexity index is 882. The van der Waals surface area contributed by atoms with Gasteiger partial charge in [0.1, 0.15) is 6.54 Å². The van der Waals surface area contributed by atoms with Crippen LogP contribution >= 0.6 is 15.9 Å². The van der Waals surface area contributed by atoms with Gasteiger partial charge in [0, 0.05) is 11.0 Å². The number of para-hydroxylation sites is 2. The van der Waals surface area contributed by atoms with Crippen molar-refractivity contribution in [1.82, 2.24) is 9.88 Å². The fourth-order valence-electron chi connectivity index (χ4n) is 2.21. The van der Waals surface area contributed by atoms with Crippen molar-refractivity contribution in [3.8, 4) is 0 Å². The molecule has 0 aliphatic carbocycles. The molecule has 0 aliphatic rings. The molecule has 5 nitrogen and oxygen atoms in total. The molecule has 0 atom stereocenters. The van der Waals surface area contributed by atoms with Crippen LogP contribution in [0.5, 0.6) is 0 Å². The fourth-order valence-corrected chi connectivity index (χ4v) is 2.66. The highest BCUT2D eigenvalue weighted by atomic mass is 79.9. The van der Waals surface area contributed by atoms with Gasteiger partial charge in [0.2, 0.25) is 5.91 Å². The minimum absolute atomic E-state index is 0.0656. The van der Waals surface area contributed by atoms with Crippen molar-refractivity contribution in [3.63, 3.8) is 0 Å². The number of hydrogen-bond acceptors (Lipinski definition) is 3. The number of aromatic nitrogens is 1. The third-order valence-electron chi connectivity index (χ3n) is 3.25. The highest BCUT2D eigenvalue weighted by Gasteiger charge is 2.11. The van der Waals surface area contributed by atoms with Crippen LogP contribution < -0.4 is 11.1 Å². The van der Waals surface area contributed by atoms with Gasteiger partial charge in [-0.25, -0.2) is 4.79 Å². The first-order chi connectivity index (χ1) is 10.6. The number of halogens is 1. The molecular formula is C16H13BrN2O3. The highest BCUT2D eigenvalue weighted by Crippen LogP contribution is 2.12. The lowest BCUT2D eigenvalue weighted by atomic mass is 10.2. The summed E-state index contributed by atoms with van der Waals surface area (Å²) in [6.07, 6.45) is 0. The molecule has 1 heterocycles. The SMILES string of the molecule is O=C(Cn1c(=O)oc2ccccc21)NCc1cccc(Br)c1. The molecule has 3 rings (SSSR count). The molecule has 6 heteroatoms. The zero-order valence-electron chi connectivity index (χ0n) is 11.6. The lowest BCUT2D eigenvalue weighted by molar-refractivity contribution is -0.121. The average molecular weight is 361 g/mol. The first kappa shape index (κ1) is 14.6. The lowest BCUT2D eigenvalue weighted by Crippen LogP contribution is -2.30. The standard InChI is InChI=1S/C16H13BrN2O3/c17-12-5-3-4-11(8-12)9-18-15(20)10-19-13-6-1-2-7-14(13)22-16(19)21/h1-8H,9-10H2,(H,18,20). The van der Waals surface area contributed by atoms with Gasteiger partial charge >= 0.3 is 5.76 Å². The van der Waals surface area contributed by atoms with Crippen molar-refractivity contribution in [2.75, 3.05) is 0 Å². The van der Waals surface area contributed by atoms with Crippen LogP contribution in [0.4, 0.5) is 0 Å². The van der Waals surface area contributed by atoms with Crippen LogP contribution in [-0.2, 0) is 17.9 Å². The molecule has 0 saturated heterocycles. The van der Waals surface area contributed by atoms with E-state index in [1.165, 1.54) is 4.57 Å². The zero-order valence-corrected chi connectivity index (χ0v) is 13.2. The molecule has 112 valence electrons. The van der Waals surface area contributed by atoms with Gasteiger partial charge in [0.25, 0.3) is 0 Å². The summed E-state index contributed by atoms with van der Waals surface area (Å²) >= 11 is 3.38. The number of nitrogens with one attached hydrogen (secondary N) is 1. The molecule has 22 heavy (non-hydrogen) atoms. The second-order valence-electron chi connectivity index (χ2n) is 4.83. The third kappa shape index (κ3) is 3.12. The smallest absolute Gasteiger partial charge is 0.408 e. The fraction of sp³-hybridized carbons (Fsp3) is 0.125. The summed E-state index contributed by atoms with van der Waals surface area (Å²) in [6.45, 7) is 0.340. The van der Waals surface area contributed by atoms with Gasteiger partial charge in [-0.05, 0) is 29.8 Å². The number of amides is 1. The van der Waals surface area contributed by atoms with Gasteiger partial charge in [-0.15, -0.1) is 0 Å². The monoisotopic (exact) mass is 360 g/mol. The second kappa shape index (κ2) is 6.19. The normalized spacial score (nSPS) is 10.8. The van der Waals surface area contributed by atoms with Gasteiger partial charge in [0.05, 0.1) is 5.52 Å². The number of carbonyl (C=O) groups excluding carboxylic acids is 1. The Morgan fingerprint density at radius 2 is 2.00 bits per heavy atom. The summed E-state index contributed by atoms with van der Waals surface area (Å²) in [7, 11) is 0. The van der Waals surface area contributed by atoms with E-state index in [1.807, 2.05) is 24.3 Å². The van der Waals surface area contributed by atoms with E-state index in [-0.39, 0.29) is 12.5 Å². The largest absolute Gasteiger partial charge is 0.420 e. The Morgan fingerprint density at radius 1 is 1.18 bits per heavy atom. The third-order valence-corrected chi connectivity index (χ3v) is 3.75. The van der Waals surface area contributed by atoms with Crippen molar-refractivity contribution in [2.45, 2.75) is 13.1 Å². The molecule has 3 aromatic rings. The maximum atomic E-state index is 12.0. The number of nitrogens with zero attached hydrogens (tertiary/aromatic N) is 1. The molecule has 1 aromatic heterocycles. The maximum Gasteiger partial charge on any atom is 0.420 e. The Kier molecular flexibility index (Phi) is 4.11. The molecular weight excluding hydrogens is 348 g/mol. The molecule has 2 aromatic carbocycles. The Labute approximate surface area is 134 Å². The summed E-state index contributed by atoms with van der Waals surface area (Å²) in [4.78, 5) is 23.8. The quantitative estimate of drug-likeness (QED) is 0.777. The average Bonchev–Trinajstić information content (AvgIpc) is 2.81. The van der Waals surface area contributed by atoms with Gasteiger partial charge in [-0.1, -0.05) is 40.2 Å². The van der Waals surface area contributed by atoms with Crippen molar-refractivity contribution in [2.24, 2.45) is 0 Å². The second-order valence-corrected chi connectivity index (χ2v) is 5.74. The molecule has 0 spiro atoms. The van der Waals surface area contributed by atoms with E-state index < -0.39 is 5.76 Å². The summed E-state index contributed by atoms with van der Waals surface area (Å²) in [6, 6.07) is 14.7. The number of fused-ring (bicyclic) bond motifs is 1. The van der Waals surface area contributed by atoms with E-state index in [0.717, 1.165) is 10.0 Å². The number of carbonyl (C=O) groups is 1. The molecule has 0 aliphatic heterocycles. The van der Waals surface area contributed by atoms with Crippen molar-refractivity contribution < 1.29 is 9.21 Å². The zero-order chi connectivity index (χ0) is 15.5. The van der Waals surface area contributed by atoms with E-state index in [0.29, 0.717) is 17.6 Å². The van der Waals surface area contributed by atoms with Crippen LogP contribution in [0.25, 0.3) is 11.1 Å². The molecule has 1 amide bonds. The van der Waals surface area contributed by atoms with E-state index in [9.17, 15) is 9.59 Å². The molecule has 0 unspecified atom stereocenters. The maximum absolute atomic E-state index is 12.0. The predicted octanol–water partition coefficient (Wildman–Crippen LogP) is 2.67. The van der Waals surface area contributed by atoms with Crippen LogP contribution in [-0.4, -0.2) is 10.5 Å². The summed E-state index contributed by atoms with van der Waals surface area (Å²) in [5.74, 6) is -0.771. The van der Waals surface area contributed by atoms with Crippen LogP contribution in [0.15, 0.2) is 62.2 Å². The van der Waals surface area contributed by atoms with Gasteiger partial charge < -0.3 is 9.73 Å². The Morgan fingerprint density at radius 3 is 2.82 bits per heavy atom. The Balaban J connectivity index is 1.71. The minimum Gasteiger partial charge on any atom is -0.408 e. The number of hydrogen-bond donors (Lipinski definition) is 1. The van der Waals surface area contributed by atoms with E-state index in [4.69, 9.17) is 4.42 Å². The van der Waals surface area contributed by atoms with Gasteiger partial charge in [-0.3, -0.25) is 9.36 Å². The predicted molar refractivity (Wildman–Crippen MR) is 86.5 cm³/mol. The van der Waals surface area contributed by atoms with Crippen LogP contribution in [0, 0.1) is 0 Å². The molecule has 0 fully saturated rings. The number of benzene rings is 2. The van der Waals surface area contributed by atoms with E-state index in [1.54, 1.807) is 24.3 Å². The molecule has 0 saturated carbocycles. The van der Waals surface area contributed by atoms with Gasteiger partial charge in [0.15, 0.2) is 5.58 Å². The van der Waals surface area contributed by atoms with Crippen LogP contribution in [0.3, 0.4) is 0 Å². The topological polar surface area (TPSA) is 64.2 Å². The summed E-state index contributed by atoms with van der Waals surface area (Å²) in [5.41, 5.74) is 2.07. The van der Waals surface area contributed by atoms with Crippen LogP contribution in [0.1, 0.15) is 5.56 Å². The first-order valence-corrected chi connectivity index (χ1v) is 7.52. The van der Waals surface area contributed by atoms with E-state index >= 15 is 0 Å². The van der Waals surface area contributed by atoms with Crippen molar-refractivity contribution in [1.29, 1.82) is 0 Å². The molecule has 1 N–H and O–H groups in total. The number of rotatable bonds is 4. The van der Waals surface area contributed by atoms with E-state index in [2.05, 4.69) is 21.2 Å². The molecule has 0 radical (unpaired) electrons. The Hall–Kier alpha value is -2.34. The van der Waals surface area contributed by atoms with Crippen LogP contribution in [0.2, 0.25) is 0 Å². The molecule has 0 bridgehead atoms. The number of oxazole rings is 1. The minimum atomic E-state index is -0.529. The lowest BCUT2D eigenvalue weighted by Gasteiger charge is -2.06. The summed E-state index contributed by atoms with van der Waals surface area (Å²) < 4.78 is 7.38.